The quantitative estimate of drug-likeness (QED) is 0.814. The first-order chi connectivity index (χ1) is 9.97. The Morgan fingerprint density at radius 3 is 2.67 bits per heavy atom. The molecule has 1 amide bonds. The standard InChI is InChI=1S/C16H22N2O3/c1-11(12-4-6-13(17)7-5-12)9-15(19)18-8-2-3-14(18)10-16(20)21/h4-7,11,14H,2-3,8-10,17H2,1H3,(H,20,21). The van der Waals surface area contributed by atoms with Crippen LogP contribution in [0.2, 0.25) is 0 Å². The third-order valence-electron chi connectivity index (χ3n) is 4.09. The zero-order chi connectivity index (χ0) is 15.4. The second-order valence-corrected chi connectivity index (χ2v) is 5.75. The Morgan fingerprint density at radius 2 is 2.05 bits per heavy atom. The number of nitrogen functional groups attached to an aromatic ring is 1. The highest BCUT2D eigenvalue weighted by Gasteiger charge is 2.30. The van der Waals surface area contributed by atoms with E-state index in [4.69, 9.17) is 10.8 Å². The number of carbonyl (C=O) groups is 2. The lowest BCUT2D eigenvalue weighted by Crippen LogP contribution is -2.37. The van der Waals surface area contributed by atoms with Crippen LogP contribution in [0.4, 0.5) is 5.69 Å². The minimum Gasteiger partial charge on any atom is -0.481 e. The van der Waals surface area contributed by atoms with E-state index in [1.165, 1.54) is 0 Å². The number of benzene rings is 1. The number of nitrogens with zero attached hydrogens (tertiary/aromatic N) is 1. The number of anilines is 1. The average Bonchev–Trinajstić information content (AvgIpc) is 2.86. The molecule has 1 aromatic carbocycles. The molecule has 1 aromatic rings. The molecule has 5 heteroatoms. The molecule has 2 unspecified atom stereocenters. The summed E-state index contributed by atoms with van der Waals surface area (Å²) in [5.74, 6) is -0.696. The molecule has 1 heterocycles. The van der Waals surface area contributed by atoms with Crippen LogP contribution in [0.1, 0.15) is 44.1 Å². The molecule has 2 rings (SSSR count). The summed E-state index contributed by atoms with van der Waals surface area (Å²) in [4.78, 5) is 25.0. The summed E-state index contributed by atoms with van der Waals surface area (Å²) in [6.45, 7) is 2.68. The summed E-state index contributed by atoms with van der Waals surface area (Å²) in [6, 6.07) is 7.39. The number of carbonyl (C=O) groups excluding carboxylic acids is 1. The van der Waals surface area contributed by atoms with E-state index in [9.17, 15) is 9.59 Å². The smallest absolute Gasteiger partial charge is 0.305 e. The van der Waals surface area contributed by atoms with E-state index in [1.54, 1.807) is 4.90 Å². The molecule has 114 valence electrons. The molecule has 3 N–H and O–H groups in total. The van der Waals surface area contributed by atoms with Gasteiger partial charge in [-0.15, -0.1) is 0 Å². The van der Waals surface area contributed by atoms with E-state index >= 15 is 0 Å². The van der Waals surface area contributed by atoms with Crippen LogP contribution in [-0.4, -0.2) is 34.5 Å². The Labute approximate surface area is 124 Å². The Morgan fingerprint density at radius 1 is 1.38 bits per heavy atom. The summed E-state index contributed by atoms with van der Waals surface area (Å²) in [5, 5.41) is 8.91. The van der Waals surface area contributed by atoms with Gasteiger partial charge in [0.1, 0.15) is 0 Å². The second-order valence-electron chi connectivity index (χ2n) is 5.75. The molecule has 1 aliphatic rings. The van der Waals surface area contributed by atoms with Gasteiger partial charge in [-0.1, -0.05) is 19.1 Å². The van der Waals surface area contributed by atoms with E-state index in [2.05, 4.69) is 0 Å². The third kappa shape index (κ3) is 3.97. The SMILES string of the molecule is CC(CC(=O)N1CCCC1CC(=O)O)c1ccc(N)cc1. The van der Waals surface area contributed by atoms with Crippen molar-refractivity contribution in [3.05, 3.63) is 29.8 Å². The van der Waals surface area contributed by atoms with Crippen LogP contribution in [-0.2, 0) is 9.59 Å². The van der Waals surface area contributed by atoms with Gasteiger partial charge in [-0.05, 0) is 36.5 Å². The predicted molar refractivity (Wildman–Crippen MR) is 80.9 cm³/mol. The normalized spacial score (nSPS) is 19.5. The van der Waals surface area contributed by atoms with E-state index < -0.39 is 5.97 Å². The first-order valence-corrected chi connectivity index (χ1v) is 7.34. The van der Waals surface area contributed by atoms with Gasteiger partial charge in [-0.3, -0.25) is 9.59 Å². The van der Waals surface area contributed by atoms with Gasteiger partial charge < -0.3 is 15.7 Å². The lowest BCUT2D eigenvalue weighted by Gasteiger charge is -2.25. The predicted octanol–water partition coefficient (Wildman–Crippen LogP) is 2.23. The molecule has 0 spiro atoms. The lowest BCUT2D eigenvalue weighted by molar-refractivity contribution is -0.140. The van der Waals surface area contributed by atoms with E-state index in [0.29, 0.717) is 18.7 Å². The van der Waals surface area contributed by atoms with E-state index in [0.717, 1.165) is 18.4 Å². The molecular formula is C16H22N2O3. The second kappa shape index (κ2) is 6.61. The van der Waals surface area contributed by atoms with Gasteiger partial charge in [0, 0.05) is 24.7 Å². The van der Waals surface area contributed by atoms with Crippen LogP contribution in [0, 0.1) is 0 Å². The highest BCUT2D eigenvalue weighted by Crippen LogP contribution is 2.25. The molecule has 0 aliphatic carbocycles. The molecule has 0 saturated carbocycles. The van der Waals surface area contributed by atoms with E-state index in [1.807, 2.05) is 31.2 Å². The first kappa shape index (κ1) is 15.4. The molecular weight excluding hydrogens is 268 g/mol. The number of amides is 1. The van der Waals surface area contributed by atoms with Gasteiger partial charge in [-0.2, -0.15) is 0 Å². The van der Waals surface area contributed by atoms with Crippen molar-refractivity contribution >= 4 is 17.6 Å². The minimum absolute atomic E-state index is 0.0436. The van der Waals surface area contributed by atoms with Crippen molar-refractivity contribution in [3.8, 4) is 0 Å². The van der Waals surface area contributed by atoms with Gasteiger partial charge in [-0.25, -0.2) is 0 Å². The highest BCUT2D eigenvalue weighted by molar-refractivity contribution is 5.78. The Balaban J connectivity index is 1.96. The Hall–Kier alpha value is -2.04. The monoisotopic (exact) mass is 290 g/mol. The van der Waals surface area contributed by atoms with E-state index in [-0.39, 0.29) is 24.3 Å². The zero-order valence-corrected chi connectivity index (χ0v) is 12.3. The van der Waals surface area contributed by atoms with Gasteiger partial charge in [0.15, 0.2) is 0 Å². The zero-order valence-electron chi connectivity index (χ0n) is 12.3. The summed E-state index contributed by atoms with van der Waals surface area (Å²) in [7, 11) is 0. The maximum atomic E-state index is 12.4. The van der Waals surface area contributed by atoms with Gasteiger partial charge in [0.05, 0.1) is 6.42 Å². The number of rotatable bonds is 5. The van der Waals surface area contributed by atoms with Crippen LogP contribution >= 0.6 is 0 Å². The van der Waals surface area contributed by atoms with Crippen molar-refractivity contribution in [1.29, 1.82) is 0 Å². The van der Waals surface area contributed by atoms with Crippen LogP contribution in [0.5, 0.6) is 0 Å². The van der Waals surface area contributed by atoms with Crippen molar-refractivity contribution in [2.75, 3.05) is 12.3 Å². The van der Waals surface area contributed by atoms with Crippen LogP contribution in [0.25, 0.3) is 0 Å². The fourth-order valence-electron chi connectivity index (χ4n) is 2.90. The molecule has 1 aliphatic heterocycles. The van der Waals surface area contributed by atoms with Crippen molar-refractivity contribution in [2.45, 2.75) is 44.6 Å². The highest BCUT2D eigenvalue weighted by atomic mass is 16.4. The Bertz CT molecular complexity index is 513. The molecule has 1 saturated heterocycles. The summed E-state index contributed by atoms with van der Waals surface area (Å²) < 4.78 is 0. The summed E-state index contributed by atoms with van der Waals surface area (Å²) >= 11 is 0. The first-order valence-electron chi connectivity index (χ1n) is 7.34. The largest absolute Gasteiger partial charge is 0.481 e. The third-order valence-corrected chi connectivity index (χ3v) is 4.09. The molecule has 0 bridgehead atoms. The average molecular weight is 290 g/mol. The van der Waals surface area contributed by atoms with Crippen molar-refractivity contribution in [3.63, 3.8) is 0 Å². The number of carboxylic acid groups (broad SMARTS) is 1. The van der Waals surface area contributed by atoms with Crippen LogP contribution in [0.3, 0.4) is 0 Å². The van der Waals surface area contributed by atoms with Crippen molar-refractivity contribution < 1.29 is 14.7 Å². The number of aliphatic carboxylic acids is 1. The van der Waals surface area contributed by atoms with Gasteiger partial charge >= 0.3 is 5.97 Å². The molecule has 0 aromatic heterocycles. The molecule has 2 atom stereocenters. The summed E-state index contributed by atoms with van der Waals surface area (Å²) in [6.07, 6.45) is 2.12. The number of nitrogens with two attached hydrogens (primary N) is 1. The molecule has 1 fully saturated rings. The topological polar surface area (TPSA) is 83.6 Å². The molecule has 0 radical (unpaired) electrons. The van der Waals surface area contributed by atoms with Gasteiger partial charge in [0.2, 0.25) is 5.91 Å². The van der Waals surface area contributed by atoms with Crippen molar-refractivity contribution in [1.82, 2.24) is 4.90 Å². The Kier molecular flexibility index (Phi) is 4.83. The maximum absolute atomic E-state index is 12.4. The van der Waals surface area contributed by atoms with Crippen molar-refractivity contribution in [2.24, 2.45) is 0 Å². The fourth-order valence-corrected chi connectivity index (χ4v) is 2.90. The van der Waals surface area contributed by atoms with Crippen LogP contribution in [0.15, 0.2) is 24.3 Å². The molecule has 21 heavy (non-hydrogen) atoms. The van der Waals surface area contributed by atoms with Gasteiger partial charge in [0.25, 0.3) is 0 Å². The fraction of sp³-hybridized carbons (Fsp3) is 0.500. The summed E-state index contributed by atoms with van der Waals surface area (Å²) in [5.41, 5.74) is 7.44. The molecule has 5 nitrogen and oxygen atoms in total. The number of hydrogen-bond acceptors (Lipinski definition) is 3. The number of likely N-dealkylation sites (tertiary alicyclic amines) is 1. The number of carboxylic acids is 1. The van der Waals surface area contributed by atoms with Crippen LogP contribution < -0.4 is 5.73 Å². The maximum Gasteiger partial charge on any atom is 0.305 e. The minimum atomic E-state index is -0.841. The lowest BCUT2D eigenvalue weighted by atomic mass is 9.96. The number of hydrogen-bond donors (Lipinski definition) is 2.